The second kappa shape index (κ2) is 8.33. The van der Waals surface area contributed by atoms with Crippen LogP contribution in [0.2, 0.25) is 0 Å². The molecule has 1 atom stereocenters. The highest BCUT2D eigenvalue weighted by molar-refractivity contribution is 7.19. The van der Waals surface area contributed by atoms with E-state index in [2.05, 4.69) is 34.3 Å². The monoisotopic (exact) mass is 402 g/mol. The van der Waals surface area contributed by atoms with Crippen LogP contribution in [0, 0.1) is 5.92 Å². The van der Waals surface area contributed by atoms with Crippen LogP contribution in [0.4, 0.5) is 5.82 Å². The van der Waals surface area contributed by atoms with Gasteiger partial charge in [0.2, 0.25) is 0 Å². The van der Waals surface area contributed by atoms with Crippen molar-refractivity contribution in [1.29, 1.82) is 0 Å². The molecule has 0 saturated heterocycles. The van der Waals surface area contributed by atoms with Crippen molar-refractivity contribution in [2.24, 2.45) is 5.92 Å². The number of nitrogens with one attached hydrogen (secondary N) is 1. The zero-order chi connectivity index (χ0) is 19.7. The van der Waals surface area contributed by atoms with Crippen LogP contribution in [0.1, 0.15) is 55.4 Å². The summed E-state index contributed by atoms with van der Waals surface area (Å²) in [5.74, 6) is 1.40. The van der Waals surface area contributed by atoms with E-state index in [4.69, 9.17) is 4.74 Å². The van der Waals surface area contributed by atoms with Gasteiger partial charge < -0.3 is 15.0 Å². The second-order valence-electron chi connectivity index (χ2n) is 8.31. The van der Waals surface area contributed by atoms with Gasteiger partial charge in [-0.1, -0.05) is 0 Å². The van der Waals surface area contributed by atoms with Crippen molar-refractivity contribution in [2.45, 2.75) is 57.4 Å². The zero-order valence-corrected chi connectivity index (χ0v) is 17.8. The molecule has 2 aliphatic rings. The van der Waals surface area contributed by atoms with Crippen LogP contribution < -0.4 is 5.32 Å². The third kappa shape index (κ3) is 3.87. The lowest BCUT2D eigenvalue weighted by atomic mass is 9.85. The van der Waals surface area contributed by atoms with E-state index in [9.17, 15) is 4.79 Å². The van der Waals surface area contributed by atoms with Gasteiger partial charge in [0.25, 0.3) is 0 Å². The molecule has 1 unspecified atom stereocenters. The molecule has 2 heterocycles. The summed E-state index contributed by atoms with van der Waals surface area (Å²) in [7, 11) is 4.30. The number of aromatic nitrogens is 2. The number of esters is 1. The Kier molecular flexibility index (Phi) is 5.83. The van der Waals surface area contributed by atoms with Gasteiger partial charge in [0, 0.05) is 17.5 Å². The minimum atomic E-state index is -0.175. The Balaban J connectivity index is 1.55. The molecule has 2 aromatic rings. The summed E-state index contributed by atoms with van der Waals surface area (Å²) in [6, 6.07) is 0.439. The lowest BCUT2D eigenvalue weighted by molar-refractivity contribution is -0.144. The molecule has 1 N–H and O–H groups in total. The van der Waals surface area contributed by atoms with Crippen molar-refractivity contribution in [3.05, 3.63) is 16.8 Å². The average molecular weight is 403 g/mol. The van der Waals surface area contributed by atoms with Crippen molar-refractivity contribution < 1.29 is 9.53 Å². The number of carbonyl (C=O) groups is 1. The number of aryl methyl sites for hydroxylation is 1. The van der Waals surface area contributed by atoms with Crippen LogP contribution in [-0.2, 0) is 16.0 Å². The molecule has 0 spiro atoms. The van der Waals surface area contributed by atoms with E-state index in [0.29, 0.717) is 12.6 Å². The lowest BCUT2D eigenvalue weighted by Gasteiger charge is -2.31. The van der Waals surface area contributed by atoms with E-state index in [1.807, 2.05) is 6.92 Å². The van der Waals surface area contributed by atoms with E-state index in [-0.39, 0.29) is 11.9 Å². The normalized spacial score (nSPS) is 24.5. The number of ether oxygens (including phenoxy) is 1. The van der Waals surface area contributed by atoms with Gasteiger partial charge >= 0.3 is 5.97 Å². The number of anilines is 1. The Hall–Kier alpha value is -1.73. The fourth-order valence-electron chi connectivity index (χ4n) is 4.76. The summed E-state index contributed by atoms with van der Waals surface area (Å²) in [6.07, 6.45) is 8.23. The Morgan fingerprint density at radius 1 is 1.25 bits per heavy atom. The predicted octanol–water partition coefficient (Wildman–Crippen LogP) is 3.82. The topological polar surface area (TPSA) is 67.3 Å². The van der Waals surface area contributed by atoms with E-state index in [1.165, 1.54) is 24.3 Å². The van der Waals surface area contributed by atoms with Crippen molar-refractivity contribution in [1.82, 2.24) is 14.9 Å². The lowest BCUT2D eigenvalue weighted by Crippen LogP contribution is -2.31. The predicted molar refractivity (Wildman–Crippen MR) is 113 cm³/mol. The first-order chi connectivity index (χ1) is 13.6. The molecular weight excluding hydrogens is 372 g/mol. The Morgan fingerprint density at radius 3 is 2.75 bits per heavy atom. The number of fused-ring (bicyclic) bond motifs is 3. The third-order valence-corrected chi connectivity index (χ3v) is 7.17. The van der Waals surface area contributed by atoms with Gasteiger partial charge in [0.1, 0.15) is 17.0 Å². The average Bonchev–Trinajstić information content (AvgIpc) is 3.22. The summed E-state index contributed by atoms with van der Waals surface area (Å²) in [6.45, 7) is 3.45. The summed E-state index contributed by atoms with van der Waals surface area (Å²) < 4.78 is 5.33. The molecule has 0 radical (unpaired) electrons. The van der Waals surface area contributed by atoms with Gasteiger partial charge in [0.05, 0.1) is 17.9 Å². The van der Waals surface area contributed by atoms with Gasteiger partial charge in [-0.25, -0.2) is 9.97 Å². The molecule has 28 heavy (non-hydrogen) atoms. The molecule has 0 aliphatic heterocycles. The molecule has 0 bridgehead atoms. The quantitative estimate of drug-likeness (QED) is 0.741. The molecule has 2 aliphatic carbocycles. The summed E-state index contributed by atoms with van der Waals surface area (Å²) in [4.78, 5) is 26.1. The molecule has 1 saturated carbocycles. The molecule has 6 nitrogen and oxygen atoms in total. The highest BCUT2D eigenvalue weighted by Gasteiger charge is 2.35. The highest BCUT2D eigenvalue weighted by atomic mass is 32.1. The Morgan fingerprint density at radius 2 is 2.04 bits per heavy atom. The number of nitrogens with zero attached hydrogens (tertiary/aromatic N) is 3. The first kappa shape index (κ1) is 19.6. The van der Waals surface area contributed by atoms with Crippen LogP contribution in [0.3, 0.4) is 0 Å². The van der Waals surface area contributed by atoms with Gasteiger partial charge in [-0.05, 0) is 71.0 Å². The largest absolute Gasteiger partial charge is 0.466 e. The summed E-state index contributed by atoms with van der Waals surface area (Å²) in [5.41, 5.74) is 1.11. The molecule has 0 aromatic carbocycles. The maximum Gasteiger partial charge on any atom is 0.313 e. The number of hydrogen-bond donors (Lipinski definition) is 1. The molecular formula is C21H30N4O2S. The SMILES string of the molecule is CCOC(=O)C1CCc2sc3ncnc(NC4CCC(CN(C)C)CC4)c3c21. The van der Waals surface area contributed by atoms with E-state index < -0.39 is 0 Å². The van der Waals surface area contributed by atoms with Crippen LogP contribution in [0.15, 0.2) is 6.33 Å². The first-order valence-corrected chi connectivity index (χ1v) is 11.2. The van der Waals surface area contributed by atoms with Gasteiger partial charge in [-0.15, -0.1) is 11.3 Å². The molecule has 152 valence electrons. The van der Waals surface area contributed by atoms with Crippen LogP contribution in [-0.4, -0.2) is 54.1 Å². The first-order valence-electron chi connectivity index (χ1n) is 10.4. The Labute approximate surface area is 170 Å². The van der Waals surface area contributed by atoms with E-state index in [0.717, 1.165) is 53.2 Å². The Bertz CT molecular complexity index is 842. The smallest absolute Gasteiger partial charge is 0.313 e. The zero-order valence-electron chi connectivity index (χ0n) is 17.0. The van der Waals surface area contributed by atoms with Crippen molar-refractivity contribution >= 4 is 33.3 Å². The molecule has 4 rings (SSSR count). The van der Waals surface area contributed by atoms with E-state index in [1.54, 1.807) is 17.7 Å². The van der Waals surface area contributed by atoms with Crippen molar-refractivity contribution in [3.8, 4) is 0 Å². The molecule has 1 fully saturated rings. The summed E-state index contributed by atoms with van der Waals surface area (Å²) >= 11 is 1.70. The van der Waals surface area contributed by atoms with Gasteiger partial charge in [0.15, 0.2) is 0 Å². The number of rotatable bonds is 6. The van der Waals surface area contributed by atoms with Crippen LogP contribution in [0.25, 0.3) is 10.2 Å². The number of thiophene rings is 1. The minimum absolute atomic E-state index is 0.111. The number of hydrogen-bond acceptors (Lipinski definition) is 7. The van der Waals surface area contributed by atoms with Crippen LogP contribution in [0.5, 0.6) is 0 Å². The van der Waals surface area contributed by atoms with Crippen molar-refractivity contribution in [3.63, 3.8) is 0 Å². The van der Waals surface area contributed by atoms with Gasteiger partial charge in [-0.2, -0.15) is 0 Å². The van der Waals surface area contributed by atoms with Crippen LogP contribution >= 0.6 is 11.3 Å². The second-order valence-corrected chi connectivity index (χ2v) is 9.39. The maximum atomic E-state index is 12.5. The van der Waals surface area contributed by atoms with Crippen molar-refractivity contribution in [2.75, 3.05) is 32.6 Å². The number of carbonyl (C=O) groups excluding carboxylic acids is 1. The molecule has 7 heteroatoms. The molecule has 0 amide bonds. The standard InChI is InChI=1S/C21H30N4O2S/c1-4-27-21(26)15-9-10-16-17(15)18-19(22-12-23-20(18)28-16)24-14-7-5-13(6-8-14)11-25(2)3/h12-15H,4-11H2,1-3H3,(H,22,23,24). The third-order valence-electron chi connectivity index (χ3n) is 5.99. The minimum Gasteiger partial charge on any atom is -0.466 e. The fraction of sp³-hybridized carbons (Fsp3) is 0.667. The summed E-state index contributed by atoms with van der Waals surface area (Å²) in [5, 5.41) is 4.74. The van der Waals surface area contributed by atoms with Gasteiger partial charge in [-0.3, -0.25) is 4.79 Å². The molecule has 2 aromatic heterocycles. The fourth-order valence-corrected chi connectivity index (χ4v) is 5.98. The highest BCUT2D eigenvalue weighted by Crippen LogP contribution is 2.46. The maximum absolute atomic E-state index is 12.5. The van der Waals surface area contributed by atoms with E-state index >= 15 is 0 Å².